The molecular weight excluding hydrogens is 466 g/mol. The molecule has 0 spiro atoms. The van der Waals surface area contributed by atoms with Gasteiger partial charge in [0.25, 0.3) is 10.0 Å². The third kappa shape index (κ3) is 7.07. The standard InChI is InChI=1S/C26H29N3O5S/c1-3-34-26(31)18(2)28-25(30)17-24(19-9-5-4-6-10-19)20-11-7-13-22(15-20)29-35(32,33)23-14-8-12-21(27)16-23/h4-16,18,24,29H,3,17,27H2,1-2H3,(H,28,30). The fraction of sp³-hybridized carbons (Fsp3) is 0.231. The Morgan fingerprint density at radius 1 is 0.943 bits per heavy atom. The fourth-order valence-corrected chi connectivity index (χ4v) is 4.74. The Hall–Kier alpha value is -3.85. The summed E-state index contributed by atoms with van der Waals surface area (Å²) >= 11 is 0. The first kappa shape index (κ1) is 25.8. The normalized spacial score (nSPS) is 12.9. The number of benzene rings is 3. The molecule has 184 valence electrons. The Morgan fingerprint density at radius 2 is 1.63 bits per heavy atom. The second-order valence-corrected chi connectivity index (χ2v) is 9.69. The maximum absolute atomic E-state index is 12.8. The average molecular weight is 496 g/mol. The van der Waals surface area contributed by atoms with Crippen molar-refractivity contribution in [1.82, 2.24) is 5.32 Å². The Kier molecular flexibility index (Phi) is 8.48. The number of esters is 1. The Bertz CT molecular complexity index is 1280. The van der Waals surface area contributed by atoms with Crippen LogP contribution in [0.3, 0.4) is 0 Å². The van der Waals surface area contributed by atoms with Crippen molar-refractivity contribution in [2.45, 2.75) is 37.1 Å². The van der Waals surface area contributed by atoms with E-state index in [9.17, 15) is 18.0 Å². The van der Waals surface area contributed by atoms with Crippen LogP contribution >= 0.6 is 0 Å². The topological polar surface area (TPSA) is 128 Å². The quantitative estimate of drug-likeness (QED) is 0.291. The van der Waals surface area contributed by atoms with Crippen LogP contribution in [-0.4, -0.2) is 32.9 Å². The van der Waals surface area contributed by atoms with Crippen LogP contribution in [-0.2, 0) is 24.3 Å². The first-order valence-corrected chi connectivity index (χ1v) is 12.7. The van der Waals surface area contributed by atoms with Gasteiger partial charge in [0.05, 0.1) is 11.5 Å². The third-order valence-electron chi connectivity index (χ3n) is 5.32. The van der Waals surface area contributed by atoms with E-state index in [1.165, 1.54) is 12.1 Å². The molecule has 2 atom stereocenters. The zero-order valence-corrected chi connectivity index (χ0v) is 20.4. The van der Waals surface area contributed by atoms with Gasteiger partial charge in [-0.3, -0.25) is 9.52 Å². The van der Waals surface area contributed by atoms with Crippen LogP contribution < -0.4 is 15.8 Å². The van der Waals surface area contributed by atoms with Crippen LogP contribution in [0.15, 0.2) is 83.8 Å². The molecule has 0 fully saturated rings. The van der Waals surface area contributed by atoms with Crippen molar-refractivity contribution in [3.8, 4) is 0 Å². The highest BCUT2D eigenvalue weighted by Gasteiger charge is 2.23. The number of hydrogen-bond acceptors (Lipinski definition) is 6. The fourth-order valence-electron chi connectivity index (χ4n) is 3.64. The third-order valence-corrected chi connectivity index (χ3v) is 6.70. The van der Waals surface area contributed by atoms with Gasteiger partial charge in [0.15, 0.2) is 0 Å². The summed E-state index contributed by atoms with van der Waals surface area (Å²) in [4.78, 5) is 24.8. The highest BCUT2D eigenvalue weighted by molar-refractivity contribution is 7.92. The molecule has 0 bridgehead atoms. The smallest absolute Gasteiger partial charge is 0.328 e. The molecule has 0 saturated carbocycles. The molecule has 35 heavy (non-hydrogen) atoms. The van der Waals surface area contributed by atoms with Crippen molar-refractivity contribution in [1.29, 1.82) is 0 Å². The van der Waals surface area contributed by atoms with E-state index in [1.54, 1.807) is 44.2 Å². The van der Waals surface area contributed by atoms with Gasteiger partial charge in [-0.1, -0.05) is 48.5 Å². The van der Waals surface area contributed by atoms with Gasteiger partial charge in [-0.05, 0) is 55.3 Å². The minimum absolute atomic E-state index is 0.0508. The summed E-state index contributed by atoms with van der Waals surface area (Å²) in [5.41, 5.74) is 8.04. The Labute approximate surface area is 205 Å². The lowest BCUT2D eigenvalue weighted by Crippen LogP contribution is -2.40. The summed E-state index contributed by atoms with van der Waals surface area (Å²) in [6.45, 7) is 3.49. The van der Waals surface area contributed by atoms with Crippen LogP contribution in [0, 0.1) is 0 Å². The van der Waals surface area contributed by atoms with Gasteiger partial charge in [0.1, 0.15) is 6.04 Å². The summed E-state index contributed by atoms with van der Waals surface area (Å²) in [6.07, 6.45) is 0.0547. The lowest BCUT2D eigenvalue weighted by molar-refractivity contribution is -0.146. The molecule has 3 rings (SSSR count). The maximum atomic E-state index is 12.8. The number of carbonyl (C=O) groups is 2. The number of amides is 1. The zero-order valence-electron chi connectivity index (χ0n) is 19.6. The summed E-state index contributed by atoms with van der Waals surface area (Å²) in [5.74, 6) is -1.21. The molecule has 0 saturated heterocycles. The van der Waals surface area contributed by atoms with Crippen molar-refractivity contribution in [2.24, 2.45) is 0 Å². The molecule has 0 aliphatic carbocycles. The number of anilines is 2. The van der Waals surface area contributed by atoms with Crippen molar-refractivity contribution < 1.29 is 22.7 Å². The second-order valence-electron chi connectivity index (χ2n) is 8.01. The molecular formula is C26H29N3O5S. The maximum Gasteiger partial charge on any atom is 0.328 e. The largest absolute Gasteiger partial charge is 0.464 e. The average Bonchev–Trinajstić information content (AvgIpc) is 2.83. The van der Waals surface area contributed by atoms with Gasteiger partial charge in [-0.15, -0.1) is 0 Å². The number of nitrogens with one attached hydrogen (secondary N) is 2. The van der Waals surface area contributed by atoms with E-state index >= 15 is 0 Å². The van der Waals surface area contributed by atoms with Crippen LogP contribution in [0.1, 0.15) is 37.3 Å². The van der Waals surface area contributed by atoms with E-state index in [2.05, 4.69) is 10.0 Å². The number of rotatable bonds is 10. The summed E-state index contributed by atoms with van der Waals surface area (Å²) < 4.78 is 33.2. The van der Waals surface area contributed by atoms with Crippen LogP contribution in [0.4, 0.5) is 11.4 Å². The lowest BCUT2D eigenvalue weighted by Gasteiger charge is -2.20. The molecule has 9 heteroatoms. The number of nitrogen functional groups attached to an aromatic ring is 1. The second kappa shape index (κ2) is 11.5. The van der Waals surface area contributed by atoms with Gasteiger partial charge in [-0.25, -0.2) is 13.2 Å². The molecule has 0 heterocycles. The number of carbonyl (C=O) groups excluding carboxylic acids is 2. The van der Waals surface area contributed by atoms with Gasteiger partial charge >= 0.3 is 5.97 Å². The minimum Gasteiger partial charge on any atom is -0.464 e. The van der Waals surface area contributed by atoms with E-state index in [4.69, 9.17) is 10.5 Å². The highest BCUT2D eigenvalue weighted by atomic mass is 32.2. The first-order valence-electron chi connectivity index (χ1n) is 11.2. The van der Waals surface area contributed by atoms with Gasteiger partial charge in [-0.2, -0.15) is 0 Å². The predicted molar refractivity (Wildman–Crippen MR) is 135 cm³/mol. The summed E-state index contributed by atoms with van der Waals surface area (Å²) in [6, 6.07) is 21.5. The molecule has 0 aromatic heterocycles. The molecule has 0 aliphatic rings. The van der Waals surface area contributed by atoms with Gasteiger partial charge in [0.2, 0.25) is 5.91 Å². The van der Waals surface area contributed by atoms with E-state index in [-0.39, 0.29) is 29.7 Å². The Balaban J connectivity index is 1.86. The van der Waals surface area contributed by atoms with E-state index in [0.717, 1.165) is 11.1 Å². The van der Waals surface area contributed by atoms with Gasteiger partial charge < -0.3 is 15.8 Å². The lowest BCUT2D eigenvalue weighted by atomic mass is 9.88. The molecule has 2 unspecified atom stereocenters. The summed E-state index contributed by atoms with van der Waals surface area (Å²) in [7, 11) is -3.86. The van der Waals surface area contributed by atoms with Crippen molar-refractivity contribution in [2.75, 3.05) is 17.1 Å². The number of sulfonamides is 1. The summed E-state index contributed by atoms with van der Waals surface area (Å²) in [5, 5.41) is 2.68. The predicted octanol–water partition coefficient (Wildman–Crippen LogP) is 3.66. The van der Waals surface area contributed by atoms with E-state index in [0.29, 0.717) is 11.4 Å². The molecule has 0 aliphatic heterocycles. The Morgan fingerprint density at radius 3 is 2.31 bits per heavy atom. The van der Waals surface area contributed by atoms with Crippen LogP contribution in [0.5, 0.6) is 0 Å². The molecule has 1 amide bonds. The van der Waals surface area contributed by atoms with Crippen molar-refractivity contribution in [3.63, 3.8) is 0 Å². The zero-order chi connectivity index (χ0) is 25.4. The van der Waals surface area contributed by atoms with Crippen molar-refractivity contribution in [3.05, 3.63) is 90.0 Å². The molecule has 4 N–H and O–H groups in total. The van der Waals surface area contributed by atoms with Crippen LogP contribution in [0.25, 0.3) is 0 Å². The van der Waals surface area contributed by atoms with E-state index < -0.39 is 22.0 Å². The number of hydrogen-bond donors (Lipinski definition) is 3. The number of nitrogens with two attached hydrogens (primary N) is 1. The SMILES string of the molecule is CCOC(=O)C(C)NC(=O)CC(c1ccccc1)c1cccc(NS(=O)(=O)c2cccc(N)c2)c1. The van der Waals surface area contributed by atoms with E-state index in [1.807, 2.05) is 36.4 Å². The highest BCUT2D eigenvalue weighted by Crippen LogP contribution is 2.30. The first-order chi connectivity index (χ1) is 16.7. The van der Waals surface area contributed by atoms with Gasteiger partial charge in [0, 0.05) is 23.7 Å². The molecule has 3 aromatic carbocycles. The molecule has 3 aromatic rings. The molecule has 0 radical (unpaired) electrons. The number of ether oxygens (including phenoxy) is 1. The van der Waals surface area contributed by atoms with Crippen molar-refractivity contribution >= 4 is 33.3 Å². The minimum atomic E-state index is -3.86. The van der Waals surface area contributed by atoms with Crippen LogP contribution in [0.2, 0.25) is 0 Å². The molecule has 8 nitrogen and oxygen atoms in total. The monoisotopic (exact) mass is 495 g/mol.